The van der Waals surface area contributed by atoms with Gasteiger partial charge in [-0.1, -0.05) is 18.2 Å². The molecule has 0 aliphatic heterocycles. The van der Waals surface area contributed by atoms with Gasteiger partial charge in [0.25, 0.3) is 11.8 Å². The number of aromatic nitrogens is 2. The van der Waals surface area contributed by atoms with Gasteiger partial charge in [-0.2, -0.15) is 4.98 Å². The third-order valence-electron chi connectivity index (χ3n) is 2.38. The Labute approximate surface area is 116 Å². The number of carbonyl (C=O) groups is 1. The van der Waals surface area contributed by atoms with Crippen LogP contribution in [0.4, 0.5) is 5.95 Å². The van der Waals surface area contributed by atoms with Crippen LogP contribution in [0.1, 0.15) is 13.8 Å². The molecule has 0 bridgehead atoms. The summed E-state index contributed by atoms with van der Waals surface area (Å²) in [5, 5.41) is 6.66. The van der Waals surface area contributed by atoms with E-state index in [1.807, 2.05) is 30.3 Å². The molecule has 0 radical (unpaired) electrons. The lowest BCUT2D eigenvalue weighted by Crippen LogP contribution is -2.04. The van der Waals surface area contributed by atoms with E-state index in [0.29, 0.717) is 24.1 Å². The molecule has 0 amide bonds. The van der Waals surface area contributed by atoms with Crippen LogP contribution in [0.2, 0.25) is 0 Å². The lowest BCUT2D eigenvalue weighted by molar-refractivity contribution is -0.137. The normalized spacial score (nSPS) is 11.2. The van der Waals surface area contributed by atoms with Crippen molar-refractivity contribution in [2.45, 2.75) is 13.8 Å². The highest BCUT2D eigenvalue weighted by Crippen LogP contribution is 2.18. The van der Waals surface area contributed by atoms with Crippen molar-refractivity contribution in [3.8, 4) is 11.5 Å². The molecule has 20 heavy (non-hydrogen) atoms. The van der Waals surface area contributed by atoms with Crippen LogP contribution in [0.15, 0.2) is 46.6 Å². The summed E-state index contributed by atoms with van der Waals surface area (Å²) in [5.41, 5.74) is 1.41. The van der Waals surface area contributed by atoms with Crippen LogP contribution in [0.25, 0.3) is 11.5 Å². The molecule has 0 spiro atoms. The summed E-state index contributed by atoms with van der Waals surface area (Å²) in [5.74, 6) is 0.295. The van der Waals surface area contributed by atoms with Crippen LogP contribution in [0.3, 0.4) is 0 Å². The number of rotatable bonds is 5. The summed E-state index contributed by atoms with van der Waals surface area (Å²) in [4.78, 5) is 15.5. The van der Waals surface area contributed by atoms with E-state index >= 15 is 0 Å². The van der Waals surface area contributed by atoms with Crippen LogP contribution < -0.4 is 5.32 Å². The smallest absolute Gasteiger partial charge is 0.332 e. The minimum Gasteiger partial charge on any atom is -0.463 e. The van der Waals surface area contributed by atoms with E-state index in [0.717, 1.165) is 5.56 Å². The van der Waals surface area contributed by atoms with Gasteiger partial charge in [0, 0.05) is 17.3 Å². The number of hydrogen-bond donors (Lipinski definition) is 1. The first kappa shape index (κ1) is 13.8. The van der Waals surface area contributed by atoms with E-state index < -0.39 is 5.97 Å². The molecular formula is C14H15N3O3. The van der Waals surface area contributed by atoms with Gasteiger partial charge in [-0.25, -0.2) is 4.79 Å². The zero-order valence-electron chi connectivity index (χ0n) is 11.3. The second-order valence-corrected chi connectivity index (χ2v) is 3.99. The number of allylic oxidation sites excluding steroid dienone is 1. The van der Waals surface area contributed by atoms with E-state index in [-0.39, 0.29) is 0 Å². The fourth-order valence-corrected chi connectivity index (χ4v) is 1.55. The second kappa shape index (κ2) is 6.51. The molecule has 2 aromatic rings. The Hall–Kier alpha value is -2.63. The predicted molar refractivity (Wildman–Crippen MR) is 73.7 cm³/mol. The minimum absolute atomic E-state index is 0.293. The van der Waals surface area contributed by atoms with Crippen LogP contribution in [-0.2, 0) is 9.53 Å². The fourth-order valence-electron chi connectivity index (χ4n) is 1.55. The van der Waals surface area contributed by atoms with Gasteiger partial charge in [0.05, 0.1) is 6.61 Å². The number of esters is 1. The number of nitrogens with zero attached hydrogens (tertiary/aromatic N) is 2. The zero-order valence-corrected chi connectivity index (χ0v) is 11.3. The van der Waals surface area contributed by atoms with Gasteiger partial charge >= 0.3 is 5.97 Å². The molecule has 6 nitrogen and oxygen atoms in total. The van der Waals surface area contributed by atoms with Crippen molar-refractivity contribution >= 4 is 11.9 Å². The standard InChI is InChI=1S/C14H15N3O3/c1-3-19-12(18)9-10(2)15-14-16-13(20-17-14)11-7-5-4-6-8-11/h4-9H,3H2,1-2H3,(H,15,17)/b10-9-. The zero-order chi connectivity index (χ0) is 14.4. The molecule has 6 heteroatoms. The Kier molecular flexibility index (Phi) is 4.49. The quantitative estimate of drug-likeness (QED) is 0.666. The monoisotopic (exact) mass is 273 g/mol. The van der Waals surface area contributed by atoms with Crippen LogP contribution in [-0.4, -0.2) is 22.7 Å². The molecule has 1 N–H and O–H groups in total. The van der Waals surface area contributed by atoms with Crippen molar-refractivity contribution in [2.75, 3.05) is 11.9 Å². The van der Waals surface area contributed by atoms with Crippen molar-refractivity contribution in [1.29, 1.82) is 0 Å². The van der Waals surface area contributed by atoms with Gasteiger partial charge in [0.15, 0.2) is 0 Å². The molecule has 0 aliphatic carbocycles. The van der Waals surface area contributed by atoms with Gasteiger partial charge in [0.1, 0.15) is 0 Å². The number of benzene rings is 1. The second-order valence-electron chi connectivity index (χ2n) is 3.99. The van der Waals surface area contributed by atoms with Gasteiger partial charge in [-0.3, -0.25) is 0 Å². The van der Waals surface area contributed by atoms with Crippen molar-refractivity contribution in [3.63, 3.8) is 0 Å². The third kappa shape index (κ3) is 3.68. The van der Waals surface area contributed by atoms with Gasteiger partial charge in [-0.15, -0.1) is 0 Å². The SMILES string of the molecule is CCOC(=O)/C=C(/C)Nc1noc(-c2ccccc2)n1. The third-order valence-corrected chi connectivity index (χ3v) is 2.38. The maximum atomic E-state index is 11.3. The summed E-state index contributed by atoms with van der Waals surface area (Å²) in [6, 6.07) is 9.43. The first-order chi connectivity index (χ1) is 9.69. The van der Waals surface area contributed by atoms with Crippen molar-refractivity contribution < 1.29 is 14.1 Å². The summed E-state index contributed by atoms with van der Waals surface area (Å²) in [6.45, 7) is 3.80. The molecule has 1 aromatic carbocycles. The molecule has 2 rings (SSSR count). The van der Waals surface area contributed by atoms with Crippen LogP contribution in [0.5, 0.6) is 0 Å². The molecular weight excluding hydrogens is 258 g/mol. The lowest BCUT2D eigenvalue weighted by Gasteiger charge is -2.00. The minimum atomic E-state index is -0.413. The van der Waals surface area contributed by atoms with E-state index in [1.54, 1.807) is 13.8 Å². The van der Waals surface area contributed by atoms with Gasteiger partial charge in [-0.05, 0) is 31.1 Å². The topological polar surface area (TPSA) is 77.2 Å². The van der Waals surface area contributed by atoms with Crippen LogP contribution in [0, 0.1) is 0 Å². The molecule has 0 fully saturated rings. The Morgan fingerprint density at radius 2 is 2.15 bits per heavy atom. The number of ether oxygens (including phenoxy) is 1. The molecule has 0 unspecified atom stereocenters. The first-order valence-electron chi connectivity index (χ1n) is 6.20. The van der Waals surface area contributed by atoms with E-state index in [4.69, 9.17) is 9.26 Å². The fraction of sp³-hybridized carbons (Fsp3) is 0.214. The maximum Gasteiger partial charge on any atom is 0.332 e. The first-order valence-corrected chi connectivity index (χ1v) is 6.20. The van der Waals surface area contributed by atoms with Crippen molar-refractivity contribution in [1.82, 2.24) is 10.1 Å². The molecule has 0 saturated heterocycles. The highest BCUT2D eigenvalue weighted by atomic mass is 16.5. The average molecular weight is 273 g/mol. The van der Waals surface area contributed by atoms with Crippen molar-refractivity contribution in [3.05, 3.63) is 42.1 Å². The summed E-state index contributed by atoms with van der Waals surface area (Å²) >= 11 is 0. The molecule has 1 heterocycles. The number of nitrogens with one attached hydrogen (secondary N) is 1. The van der Waals surface area contributed by atoms with Crippen LogP contribution >= 0.6 is 0 Å². The summed E-state index contributed by atoms with van der Waals surface area (Å²) in [6.07, 6.45) is 1.34. The summed E-state index contributed by atoms with van der Waals surface area (Å²) in [7, 11) is 0. The van der Waals surface area contributed by atoms with E-state index in [9.17, 15) is 4.79 Å². The largest absolute Gasteiger partial charge is 0.463 e. The average Bonchev–Trinajstić information content (AvgIpc) is 2.88. The predicted octanol–water partition coefficient (Wildman–Crippen LogP) is 2.62. The number of anilines is 1. The Bertz CT molecular complexity index is 605. The lowest BCUT2D eigenvalue weighted by atomic mass is 10.2. The highest BCUT2D eigenvalue weighted by molar-refractivity contribution is 5.83. The van der Waals surface area contributed by atoms with Gasteiger partial charge in [0.2, 0.25) is 0 Å². The maximum absolute atomic E-state index is 11.3. The Morgan fingerprint density at radius 1 is 1.40 bits per heavy atom. The molecule has 104 valence electrons. The Morgan fingerprint density at radius 3 is 2.85 bits per heavy atom. The van der Waals surface area contributed by atoms with Crippen molar-refractivity contribution in [2.24, 2.45) is 0 Å². The number of hydrogen-bond acceptors (Lipinski definition) is 6. The molecule has 0 atom stereocenters. The van der Waals surface area contributed by atoms with E-state index in [1.165, 1.54) is 6.08 Å². The summed E-state index contributed by atoms with van der Waals surface area (Å²) < 4.78 is 9.94. The highest BCUT2D eigenvalue weighted by Gasteiger charge is 2.08. The molecule has 1 aromatic heterocycles. The molecule has 0 aliphatic rings. The Balaban J connectivity index is 2.05. The van der Waals surface area contributed by atoms with E-state index in [2.05, 4.69) is 15.5 Å². The molecule has 0 saturated carbocycles. The van der Waals surface area contributed by atoms with Gasteiger partial charge < -0.3 is 14.6 Å². The number of carbonyl (C=O) groups excluding carboxylic acids is 1.